The zero-order valence-electron chi connectivity index (χ0n) is 12.2. The lowest BCUT2D eigenvalue weighted by Crippen LogP contribution is -2.06. The summed E-state index contributed by atoms with van der Waals surface area (Å²) < 4.78 is 5.20. The Morgan fingerprint density at radius 3 is 2.15 bits per heavy atom. The monoisotopic (exact) mass is 298 g/mol. The van der Waals surface area contributed by atoms with Crippen molar-refractivity contribution < 1.29 is 14.6 Å². The highest BCUT2D eigenvalue weighted by Gasteiger charge is 2.04. The molecule has 0 aliphatic rings. The second-order valence-corrected chi connectivity index (χ2v) is 5.97. The Morgan fingerprint density at radius 2 is 1.60 bits per heavy atom. The number of rotatable bonds is 12. The van der Waals surface area contributed by atoms with Crippen LogP contribution in [-0.2, 0) is 4.79 Å². The predicted octanol–water partition coefficient (Wildman–Crippen LogP) is 4.55. The van der Waals surface area contributed by atoms with Crippen molar-refractivity contribution in [2.24, 2.45) is 0 Å². The van der Waals surface area contributed by atoms with Crippen LogP contribution < -0.4 is 4.74 Å². The summed E-state index contributed by atoms with van der Waals surface area (Å²) in [5.41, 5.74) is 0. The number of hydrogen-bond donors (Lipinski definition) is 1. The fourth-order valence-corrected chi connectivity index (χ4v) is 2.69. The number of thiophene rings is 1. The highest BCUT2D eigenvalue weighted by Crippen LogP contribution is 2.19. The summed E-state index contributed by atoms with van der Waals surface area (Å²) in [7, 11) is 0. The summed E-state index contributed by atoms with van der Waals surface area (Å²) in [5.74, 6) is -0.114. The van der Waals surface area contributed by atoms with Gasteiger partial charge in [-0.05, 0) is 30.4 Å². The Bertz CT molecular complexity index is 336. The molecule has 0 amide bonds. The van der Waals surface area contributed by atoms with Gasteiger partial charge >= 0.3 is 5.97 Å². The van der Waals surface area contributed by atoms with E-state index in [9.17, 15) is 4.79 Å². The average molecular weight is 298 g/mol. The van der Waals surface area contributed by atoms with E-state index in [0.29, 0.717) is 18.1 Å². The predicted molar refractivity (Wildman–Crippen MR) is 83.2 cm³/mol. The minimum atomic E-state index is -0.114. The maximum absolute atomic E-state index is 11.5. The molecule has 0 aliphatic heterocycles. The maximum atomic E-state index is 11.5. The van der Waals surface area contributed by atoms with Crippen LogP contribution >= 0.6 is 11.3 Å². The normalized spacial score (nSPS) is 10.7. The summed E-state index contributed by atoms with van der Waals surface area (Å²) in [6.07, 6.45) is 10.8. The van der Waals surface area contributed by atoms with E-state index in [1.54, 1.807) is 0 Å². The maximum Gasteiger partial charge on any atom is 0.311 e. The summed E-state index contributed by atoms with van der Waals surface area (Å²) in [6, 6.07) is 3.70. The van der Waals surface area contributed by atoms with Crippen molar-refractivity contribution in [3.63, 3.8) is 0 Å². The molecule has 1 heterocycles. The molecule has 3 nitrogen and oxygen atoms in total. The fraction of sp³-hybridized carbons (Fsp3) is 0.688. The van der Waals surface area contributed by atoms with Gasteiger partial charge in [0.25, 0.3) is 0 Å². The fourth-order valence-electron chi connectivity index (χ4n) is 2.10. The second-order valence-electron chi connectivity index (χ2n) is 5.06. The highest BCUT2D eigenvalue weighted by atomic mass is 32.1. The van der Waals surface area contributed by atoms with Gasteiger partial charge in [-0.3, -0.25) is 4.79 Å². The van der Waals surface area contributed by atoms with E-state index in [0.717, 1.165) is 25.7 Å². The van der Waals surface area contributed by atoms with E-state index in [2.05, 4.69) is 0 Å². The third-order valence-corrected chi connectivity index (χ3v) is 3.99. The molecule has 0 saturated heterocycles. The Labute approximate surface area is 126 Å². The molecule has 0 aliphatic carbocycles. The van der Waals surface area contributed by atoms with E-state index in [-0.39, 0.29) is 5.97 Å². The third kappa shape index (κ3) is 9.10. The molecule has 1 rings (SSSR count). The molecule has 0 unspecified atom stereocenters. The number of unbranched alkanes of at least 4 members (excludes halogenated alkanes) is 8. The van der Waals surface area contributed by atoms with Crippen molar-refractivity contribution >= 4 is 17.3 Å². The van der Waals surface area contributed by atoms with Gasteiger partial charge in [0.05, 0.1) is 0 Å². The molecular formula is C16H26O3S. The second kappa shape index (κ2) is 11.9. The van der Waals surface area contributed by atoms with Crippen LogP contribution in [0.2, 0.25) is 0 Å². The van der Waals surface area contributed by atoms with Crippen LogP contribution in [0.4, 0.5) is 0 Å². The van der Waals surface area contributed by atoms with Gasteiger partial charge in [0.2, 0.25) is 0 Å². The summed E-state index contributed by atoms with van der Waals surface area (Å²) in [4.78, 5) is 11.5. The van der Waals surface area contributed by atoms with Crippen LogP contribution in [-0.4, -0.2) is 17.7 Å². The lowest BCUT2D eigenvalue weighted by molar-refractivity contribution is -0.134. The lowest BCUT2D eigenvalue weighted by Gasteiger charge is -2.03. The molecular weight excluding hydrogens is 272 g/mol. The van der Waals surface area contributed by atoms with Crippen LogP contribution in [0.25, 0.3) is 0 Å². The highest BCUT2D eigenvalue weighted by molar-refractivity contribution is 7.11. The van der Waals surface area contributed by atoms with E-state index in [1.165, 1.54) is 43.4 Å². The number of hydrogen-bond acceptors (Lipinski definition) is 4. The Morgan fingerprint density at radius 1 is 1.00 bits per heavy atom. The Balaban J connectivity index is 1.83. The van der Waals surface area contributed by atoms with Gasteiger partial charge < -0.3 is 9.84 Å². The summed E-state index contributed by atoms with van der Waals surface area (Å²) in [5, 5.41) is 11.3. The minimum absolute atomic E-state index is 0.114. The van der Waals surface area contributed by atoms with E-state index in [4.69, 9.17) is 9.84 Å². The van der Waals surface area contributed by atoms with Gasteiger partial charge in [-0.1, -0.05) is 44.9 Å². The SMILES string of the molecule is O=C(CCCCCCCCCCCO)Oc1cccs1. The largest absolute Gasteiger partial charge is 0.415 e. The Hall–Kier alpha value is -0.870. The molecule has 0 atom stereocenters. The van der Waals surface area contributed by atoms with Crippen LogP contribution in [0.1, 0.15) is 64.2 Å². The smallest absolute Gasteiger partial charge is 0.311 e. The molecule has 1 aromatic heterocycles. The zero-order valence-corrected chi connectivity index (χ0v) is 13.0. The summed E-state index contributed by atoms with van der Waals surface area (Å²) in [6.45, 7) is 0.321. The van der Waals surface area contributed by atoms with E-state index in [1.807, 2.05) is 17.5 Å². The number of ether oxygens (including phenoxy) is 1. The van der Waals surface area contributed by atoms with Gasteiger partial charge in [-0.25, -0.2) is 0 Å². The quantitative estimate of drug-likeness (QED) is 0.455. The molecule has 4 heteroatoms. The van der Waals surface area contributed by atoms with Crippen molar-refractivity contribution in [2.45, 2.75) is 64.2 Å². The van der Waals surface area contributed by atoms with Gasteiger partial charge in [0, 0.05) is 13.0 Å². The number of aliphatic hydroxyl groups is 1. The molecule has 0 bridgehead atoms. The van der Waals surface area contributed by atoms with Crippen molar-refractivity contribution in [3.05, 3.63) is 17.5 Å². The number of esters is 1. The Kier molecular flexibility index (Phi) is 10.2. The minimum Gasteiger partial charge on any atom is -0.415 e. The van der Waals surface area contributed by atoms with Crippen molar-refractivity contribution in [1.29, 1.82) is 0 Å². The van der Waals surface area contributed by atoms with Crippen molar-refractivity contribution in [3.8, 4) is 5.06 Å². The number of carbonyl (C=O) groups excluding carboxylic acids is 1. The number of carbonyl (C=O) groups is 1. The molecule has 0 spiro atoms. The lowest BCUT2D eigenvalue weighted by atomic mass is 10.1. The average Bonchev–Trinajstić information content (AvgIpc) is 2.93. The molecule has 0 aromatic carbocycles. The standard InChI is InChI=1S/C16H26O3S/c17-13-9-7-5-3-1-2-4-6-8-11-15(18)19-16-12-10-14-20-16/h10,12,14,17H,1-9,11,13H2. The molecule has 0 saturated carbocycles. The zero-order chi connectivity index (χ0) is 14.5. The molecule has 0 fully saturated rings. The van der Waals surface area contributed by atoms with Crippen LogP contribution in [0.5, 0.6) is 5.06 Å². The first-order chi connectivity index (χ1) is 9.83. The first-order valence-electron chi connectivity index (χ1n) is 7.68. The molecule has 20 heavy (non-hydrogen) atoms. The van der Waals surface area contributed by atoms with Gasteiger partial charge in [-0.2, -0.15) is 0 Å². The van der Waals surface area contributed by atoms with Crippen LogP contribution in [0, 0.1) is 0 Å². The molecule has 1 N–H and O–H groups in total. The van der Waals surface area contributed by atoms with Gasteiger partial charge in [0.1, 0.15) is 0 Å². The first-order valence-corrected chi connectivity index (χ1v) is 8.56. The van der Waals surface area contributed by atoms with Crippen molar-refractivity contribution in [1.82, 2.24) is 0 Å². The van der Waals surface area contributed by atoms with E-state index >= 15 is 0 Å². The van der Waals surface area contributed by atoms with Crippen LogP contribution in [0.3, 0.4) is 0 Å². The van der Waals surface area contributed by atoms with E-state index < -0.39 is 0 Å². The first kappa shape index (κ1) is 17.2. The van der Waals surface area contributed by atoms with Crippen molar-refractivity contribution in [2.75, 3.05) is 6.61 Å². The topological polar surface area (TPSA) is 46.5 Å². The molecule has 1 aromatic rings. The van der Waals surface area contributed by atoms with Gasteiger partial charge in [0.15, 0.2) is 5.06 Å². The summed E-state index contributed by atoms with van der Waals surface area (Å²) >= 11 is 1.45. The molecule has 114 valence electrons. The number of aliphatic hydroxyl groups excluding tert-OH is 1. The van der Waals surface area contributed by atoms with Crippen LogP contribution in [0.15, 0.2) is 17.5 Å². The van der Waals surface area contributed by atoms with Gasteiger partial charge in [-0.15, -0.1) is 11.3 Å². The molecule has 0 radical (unpaired) electrons. The third-order valence-electron chi connectivity index (χ3n) is 3.25.